The van der Waals surface area contributed by atoms with Crippen LogP contribution < -0.4 is 4.90 Å². The predicted molar refractivity (Wildman–Crippen MR) is 120 cm³/mol. The Balaban J connectivity index is 1.83. The molecule has 0 saturated carbocycles. The highest BCUT2D eigenvalue weighted by molar-refractivity contribution is 8.46. The van der Waals surface area contributed by atoms with Crippen molar-refractivity contribution >= 4 is 32.8 Å². The number of carboxylic acid groups (broad SMARTS) is 1. The number of carboxylic acids is 1. The van der Waals surface area contributed by atoms with Gasteiger partial charge >= 0.3 is 5.97 Å². The van der Waals surface area contributed by atoms with Crippen LogP contribution >= 0.6 is 10.0 Å². The van der Waals surface area contributed by atoms with Gasteiger partial charge in [0.2, 0.25) is 5.91 Å². The fourth-order valence-electron chi connectivity index (χ4n) is 4.83. The molecule has 0 aromatic heterocycles. The molecule has 4 rings (SSSR count). The van der Waals surface area contributed by atoms with Crippen LogP contribution in [-0.2, 0) is 16.1 Å². The van der Waals surface area contributed by atoms with E-state index in [1.54, 1.807) is 18.7 Å². The van der Waals surface area contributed by atoms with E-state index in [4.69, 9.17) is 0 Å². The van der Waals surface area contributed by atoms with Gasteiger partial charge in [-0.05, 0) is 31.5 Å². The fraction of sp³-hybridized carbons (Fsp3) is 0.348. The maximum atomic E-state index is 14.3. The highest BCUT2D eigenvalue weighted by Crippen LogP contribution is 2.74. The van der Waals surface area contributed by atoms with Crippen LogP contribution in [0.4, 0.5) is 10.5 Å². The minimum atomic E-state index is -2.62. The molecule has 31 heavy (non-hydrogen) atoms. The second-order valence-corrected chi connectivity index (χ2v) is 12.2. The van der Waals surface area contributed by atoms with Crippen molar-refractivity contribution in [3.05, 3.63) is 66.2 Å². The van der Waals surface area contributed by atoms with Crippen molar-refractivity contribution in [3.8, 4) is 0 Å². The van der Waals surface area contributed by atoms with Gasteiger partial charge in [-0.15, -0.1) is 10.0 Å². The molecule has 2 aliphatic rings. The number of benzene rings is 2. The Hall–Kier alpha value is -2.84. The normalized spacial score (nSPS) is 28.2. The second-order valence-electron chi connectivity index (χ2n) is 8.40. The number of anilines is 1. The highest BCUT2D eigenvalue weighted by Gasteiger charge is 2.72. The van der Waals surface area contributed by atoms with Crippen LogP contribution in [0.25, 0.3) is 0 Å². The van der Waals surface area contributed by atoms with Crippen LogP contribution in [0.2, 0.25) is 0 Å². The van der Waals surface area contributed by atoms with Crippen molar-refractivity contribution in [1.82, 2.24) is 4.90 Å². The second kappa shape index (κ2) is 7.69. The van der Waals surface area contributed by atoms with Gasteiger partial charge in [-0.1, -0.05) is 48.5 Å². The van der Waals surface area contributed by atoms with Gasteiger partial charge in [0.05, 0.1) is 24.3 Å². The molecule has 2 amide bonds. The average molecular weight is 443 g/mol. The number of aliphatic hydroxyl groups is 1. The lowest BCUT2D eigenvalue weighted by atomic mass is 9.98. The number of para-hydroxylation sites is 1. The van der Waals surface area contributed by atoms with E-state index in [2.05, 4.69) is 0 Å². The molecule has 2 heterocycles. The summed E-state index contributed by atoms with van der Waals surface area (Å²) in [7, 11) is -2.62. The predicted octanol–water partition coefficient (Wildman–Crippen LogP) is 3.37. The molecule has 2 saturated heterocycles. The van der Waals surface area contributed by atoms with Crippen LogP contribution in [0.1, 0.15) is 25.8 Å². The lowest BCUT2D eigenvalue weighted by molar-refractivity contribution is -0.157. The maximum absolute atomic E-state index is 14.3. The molecule has 3 atom stereocenters. The van der Waals surface area contributed by atoms with Gasteiger partial charge in [0.25, 0.3) is 5.24 Å². The third-order valence-electron chi connectivity index (χ3n) is 6.51. The molecule has 1 unspecified atom stereocenters. The summed E-state index contributed by atoms with van der Waals surface area (Å²) in [5, 5.41) is 19.7. The zero-order chi connectivity index (χ0) is 22.4. The molecule has 2 N–H and O–H groups in total. The highest BCUT2D eigenvalue weighted by atomic mass is 32.3. The van der Waals surface area contributed by atoms with Gasteiger partial charge in [-0.2, -0.15) is 0 Å². The van der Waals surface area contributed by atoms with E-state index in [-0.39, 0.29) is 24.1 Å². The van der Waals surface area contributed by atoms with Gasteiger partial charge in [0.1, 0.15) is 6.04 Å². The van der Waals surface area contributed by atoms with Crippen molar-refractivity contribution in [1.29, 1.82) is 0 Å². The third-order valence-corrected chi connectivity index (χ3v) is 11.2. The van der Waals surface area contributed by atoms with Gasteiger partial charge in [-0.3, -0.25) is 9.59 Å². The van der Waals surface area contributed by atoms with E-state index in [0.717, 1.165) is 5.56 Å². The van der Waals surface area contributed by atoms with E-state index in [1.807, 2.05) is 60.7 Å². The Morgan fingerprint density at radius 1 is 1.10 bits per heavy atom. The Labute approximate surface area is 182 Å². The molecule has 2 aliphatic heterocycles. The molecular formula is C23H26N2O5S. The molecule has 2 aromatic carbocycles. The number of aliphatic carboxylic acids is 1. The minimum absolute atomic E-state index is 0.0861. The number of hydrogen-bond donors (Lipinski definition) is 2. The van der Waals surface area contributed by atoms with Crippen molar-refractivity contribution in [3.63, 3.8) is 0 Å². The van der Waals surface area contributed by atoms with Gasteiger partial charge in [-0.25, -0.2) is 4.79 Å². The van der Waals surface area contributed by atoms with Crippen molar-refractivity contribution in [2.45, 2.75) is 43.0 Å². The van der Waals surface area contributed by atoms with Crippen LogP contribution in [0, 0.1) is 0 Å². The number of β-lactam (4-membered cyclic amide) rings is 1. The van der Waals surface area contributed by atoms with Crippen LogP contribution in [-0.4, -0.2) is 54.3 Å². The number of carbonyl (C=O) groups excluding carboxylic acids is 2. The number of nitrogens with zero attached hydrogens (tertiary/aromatic N) is 2. The van der Waals surface area contributed by atoms with Crippen molar-refractivity contribution in [2.24, 2.45) is 0 Å². The number of fused-ring (bicyclic) bond motifs is 1. The summed E-state index contributed by atoms with van der Waals surface area (Å²) < 4.78 is -1.09. The number of rotatable bonds is 5. The molecule has 0 bridgehead atoms. The first kappa shape index (κ1) is 21.4. The van der Waals surface area contributed by atoms with Gasteiger partial charge < -0.3 is 20.0 Å². The zero-order valence-corrected chi connectivity index (χ0v) is 18.3. The summed E-state index contributed by atoms with van der Waals surface area (Å²) in [4.78, 5) is 41.7. The standard InChI is InChI=1S/C23H26N2O5S/c1-23(2)20(21(28)29)25-18(27)13-19(25)31(23,15-26)22(30)24(17-11-7-4-8-12-17)14-16-9-5-3-6-10-16/h3-12,19-20,26H,13-15H2,1-2H3,(H,28,29)/t19-,20+/m1/s1. The Kier molecular flexibility index (Phi) is 5.31. The minimum Gasteiger partial charge on any atom is -0.480 e. The Morgan fingerprint density at radius 2 is 1.68 bits per heavy atom. The maximum Gasteiger partial charge on any atom is 0.327 e. The first-order chi connectivity index (χ1) is 14.8. The summed E-state index contributed by atoms with van der Waals surface area (Å²) in [6.45, 7) is 3.69. The molecular weight excluding hydrogens is 416 g/mol. The number of amides is 2. The van der Waals surface area contributed by atoms with Crippen molar-refractivity contribution < 1.29 is 24.6 Å². The van der Waals surface area contributed by atoms with Crippen LogP contribution in [0.3, 0.4) is 0 Å². The summed E-state index contributed by atoms with van der Waals surface area (Å²) in [5.41, 5.74) is 1.59. The van der Waals surface area contributed by atoms with E-state index >= 15 is 0 Å². The molecule has 0 spiro atoms. The van der Waals surface area contributed by atoms with E-state index < -0.39 is 38.1 Å². The largest absolute Gasteiger partial charge is 0.480 e. The summed E-state index contributed by atoms with van der Waals surface area (Å²) in [6, 6.07) is 17.6. The third kappa shape index (κ3) is 3.04. The smallest absolute Gasteiger partial charge is 0.327 e. The SMILES string of the molecule is CC1(C)[C@H](C(=O)O)N2C(=O)C[C@H]2S1(CO)C(=O)N(Cc1ccccc1)c1ccccc1. The number of hydrogen-bond acceptors (Lipinski definition) is 4. The topological polar surface area (TPSA) is 98.1 Å². The van der Waals surface area contributed by atoms with Gasteiger partial charge in [0.15, 0.2) is 0 Å². The monoisotopic (exact) mass is 442 g/mol. The lowest BCUT2D eigenvalue weighted by Crippen LogP contribution is -2.57. The number of carbonyl (C=O) groups is 3. The first-order valence-corrected chi connectivity index (χ1v) is 12.0. The van der Waals surface area contributed by atoms with E-state index in [1.165, 1.54) is 4.90 Å². The lowest BCUT2D eigenvalue weighted by Gasteiger charge is -2.51. The molecule has 0 radical (unpaired) electrons. The molecule has 2 aromatic rings. The summed E-state index contributed by atoms with van der Waals surface area (Å²) in [5.74, 6) is -1.89. The molecule has 2 fully saturated rings. The van der Waals surface area contributed by atoms with E-state index in [9.17, 15) is 24.6 Å². The molecule has 0 aliphatic carbocycles. The summed E-state index contributed by atoms with van der Waals surface area (Å²) >= 11 is 0. The fourth-order valence-corrected chi connectivity index (χ4v) is 9.06. The molecule has 7 nitrogen and oxygen atoms in total. The van der Waals surface area contributed by atoms with E-state index in [0.29, 0.717) is 5.69 Å². The summed E-state index contributed by atoms with van der Waals surface area (Å²) in [6.07, 6.45) is 0.0861. The first-order valence-electron chi connectivity index (χ1n) is 10.1. The Bertz CT molecular complexity index is 1010. The quantitative estimate of drug-likeness (QED) is 0.692. The number of aliphatic hydroxyl groups excluding tert-OH is 1. The zero-order valence-electron chi connectivity index (χ0n) is 17.5. The average Bonchev–Trinajstić information content (AvgIpc) is 2.93. The Morgan fingerprint density at radius 3 is 2.16 bits per heavy atom. The van der Waals surface area contributed by atoms with Gasteiger partial charge in [0, 0.05) is 10.4 Å². The van der Waals surface area contributed by atoms with Crippen molar-refractivity contribution in [2.75, 3.05) is 10.8 Å². The van der Waals surface area contributed by atoms with Crippen LogP contribution in [0.5, 0.6) is 0 Å². The van der Waals surface area contributed by atoms with Crippen LogP contribution in [0.15, 0.2) is 60.7 Å². The molecule has 164 valence electrons. The molecule has 8 heteroatoms.